The summed E-state index contributed by atoms with van der Waals surface area (Å²) >= 11 is 0. The van der Waals surface area contributed by atoms with Crippen molar-refractivity contribution in [2.24, 2.45) is 10.9 Å². The fraction of sp³-hybridized carbons (Fsp3) is 0.700. The number of hydrogen-bond donors (Lipinski definition) is 1. The van der Waals surface area contributed by atoms with Crippen LogP contribution in [0.1, 0.15) is 39.2 Å². The Morgan fingerprint density at radius 2 is 2.08 bits per heavy atom. The highest BCUT2D eigenvalue weighted by molar-refractivity contribution is 5.80. The van der Waals surface area contributed by atoms with Gasteiger partial charge < -0.3 is 19.9 Å². The van der Waals surface area contributed by atoms with Crippen molar-refractivity contribution in [3.63, 3.8) is 0 Å². The molecule has 0 aliphatic carbocycles. The summed E-state index contributed by atoms with van der Waals surface area (Å²) in [4.78, 5) is 14.2. The summed E-state index contributed by atoms with van der Waals surface area (Å²) < 4.78 is 5.61. The number of guanidine groups is 1. The van der Waals surface area contributed by atoms with Gasteiger partial charge in [-0.3, -0.25) is 0 Å². The van der Waals surface area contributed by atoms with Gasteiger partial charge in [0.1, 0.15) is 5.82 Å². The third kappa shape index (κ3) is 5.10. The fourth-order valence-electron chi connectivity index (χ4n) is 3.54. The number of aliphatic imine (C=N–C) groups is 1. The second-order valence-electron chi connectivity index (χ2n) is 7.49. The summed E-state index contributed by atoms with van der Waals surface area (Å²) in [6, 6.07) is 4.26. The van der Waals surface area contributed by atoms with Gasteiger partial charge in [-0.15, -0.1) is 0 Å². The van der Waals surface area contributed by atoms with Gasteiger partial charge in [0.2, 0.25) is 0 Å². The van der Waals surface area contributed by atoms with Crippen LogP contribution in [0.25, 0.3) is 0 Å². The van der Waals surface area contributed by atoms with Crippen LogP contribution < -0.4 is 10.2 Å². The maximum Gasteiger partial charge on any atom is 0.194 e. The molecular weight excluding hydrogens is 326 g/mol. The first-order chi connectivity index (χ1) is 12.7. The van der Waals surface area contributed by atoms with Crippen LogP contribution in [-0.4, -0.2) is 61.3 Å². The Hall–Kier alpha value is -1.82. The zero-order valence-electron chi connectivity index (χ0n) is 16.4. The van der Waals surface area contributed by atoms with Crippen molar-refractivity contribution in [2.45, 2.75) is 46.3 Å². The third-order valence-corrected chi connectivity index (χ3v) is 5.20. The van der Waals surface area contributed by atoms with Gasteiger partial charge in [-0.25, -0.2) is 9.98 Å². The van der Waals surface area contributed by atoms with Gasteiger partial charge >= 0.3 is 0 Å². The van der Waals surface area contributed by atoms with Gasteiger partial charge in [0.15, 0.2) is 5.96 Å². The van der Waals surface area contributed by atoms with Gasteiger partial charge in [-0.1, -0.05) is 13.0 Å². The van der Waals surface area contributed by atoms with E-state index in [2.05, 4.69) is 53.0 Å². The SMILES string of the molecule is CCNC(=NCc1ccc(N2CCOC(C)C2)nc1)N1CCC(C)CC1. The predicted octanol–water partition coefficient (Wildman–Crippen LogP) is 2.50. The van der Waals surface area contributed by atoms with Crippen molar-refractivity contribution in [1.29, 1.82) is 0 Å². The lowest BCUT2D eigenvalue weighted by Gasteiger charge is -2.33. The largest absolute Gasteiger partial charge is 0.375 e. The quantitative estimate of drug-likeness (QED) is 0.661. The van der Waals surface area contributed by atoms with E-state index in [9.17, 15) is 0 Å². The number of nitrogens with zero attached hydrogens (tertiary/aromatic N) is 4. The number of ether oxygens (including phenoxy) is 1. The van der Waals surface area contributed by atoms with Crippen LogP contribution in [0, 0.1) is 5.92 Å². The first kappa shape index (κ1) is 19.0. The van der Waals surface area contributed by atoms with Crippen molar-refractivity contribution in [1.82, 2.24) is 15.2 Å². The van der Waals surface area contributed by atoms with E-state index < -0.39 is 0 Å². The molecular formula is C20H33N5O. The summed E-state index contributed by atoms with van der Waals surface area (Å²) in [6.07, 6.45) is 4.72. The molecule has 0 amide bonds. The van der Waals surface area contributed by atoms with Crippen LogP contribution in [0.2, 0.25) is 0 Å². The van der Waals surface area contributed by atoms with Crippen LogP contribution in [-0.2, 0) is 11.3 Å². The molecule has 3 heterocycles. The van der Waals surface area contributed by atoms with E-state index in [4.69, 9.17) is 9.73 Å². The van der Waals surface area contributed by atoms with Crippen LogP contribution in [0.15, 0.2) is 23.3 Å². The molecule has 0 spiro atoms. The number of hydrogen-bond acceptors (Lipinski definition) is 4. The molecule has 0 radical (unpaired) electrons. The Bertz CT molecular complexity index is 580. The highest BCUT2D eigenvalue weighted by atomic mass is 16.5. The summed E-state index contributed by atoms with van der Waals surface area (Å²) in [5.74, 6) is 2.89. The standard InChI is InChI=1S/C20H33N5O/c1-4-21-20(24-9-7-16(2)8-10-24)23-14-18-5-6-19(22-13-18)25-11-12-26-17(3)15-25/h5-6,13,16-17H,4,7-12,14-15H2,1-3H3,(H,21,23). The predicted molar refractivity (Wildman–Crippen MR) is 107 cm³/mol. The van der Waals surface area contributed by atoms with Crippen molar-refractivity contribution in [3.8, 4) is 0 Å². The summed E-state index contributed by atoms with van der Waals surface area (Å²) in [6.45, 7) is 12.9. The van der Waals surface area contributed by atoms with Crippen molar-refractivity contribution in [2.75, 3.05) is 44.2 Å². The lowest BCUT2D eigenvalue weighted by atomic mass is 10.00. The Balaban J connectivity index is 1.60. The zero-order chi connectivity index (χ0) is 18.4. The smallest absolute Gasteiger partial charge is 0.194 e. The number of nitrogens with one attached hydrogen (secondary N) is 1. The fourth-order valence-corrected chi connectivity index (χ4v) is 3.54. The normalized spacial score (nSPS) is 22.6. The molecule has 1 aromatic heterocycles. The zero-order valence-corrected chi connectivity index (χ0v) is 16.4. The number of morpholine rings is 1. The molecule has 144 valence electrons. The van der Waals surface area contributed by atoms with E-state index >= 15 is 0 Å². The van der Waals surface area contributed by atoms with Crippen molar-refractivity contribution in [3.05, 3.63) is 23.9 Å². The Labute approximate surface area is 157 Å². The van der Waals surface area contributed by atoms with Gasteiger partial charge in [-0.2, -0.15) is 0 Å². The minimum atomic E-state index is 0.268. The molecule has 2 fully saturated rings. The maximum absolute atomic E-state index is 5.61. The molecule has 6 heteroatoms. The molecule has 1 unspecified atom stereocenters. The summed E-state index contributed by atoms with van der Waals surface area (Å²) in [5.41, 5.74) is 1.15. The molecule has 2 saturated heterocycles. The molecule has 3 rings (SSSR count). The highest BCUT2D eigenvalue weighted by Gasteiger charge is 2.19. The molecule has 2 aliphatic heterocycles. The van der Waals surface area contributed by atoms with E-state index in [0.29, 0.717) is 6.54 Å². The second-order valence-corrected chi connectivity index (χ2v) is 7.49. The molecule has 0 bridgehead atoms. The Morgan fingerprint density at radius 3 is 2.73 bits per heavy atom. The van der Waals surface area contributed by atoms with Gasteiger partial charge in [0.05, 0.1) is 19.3 Å². The van der Waals surface area contributed by atoms with Gasteiger partial charge in [0, 0.05) is 38.9 Å². The Kier molecular flexibility index (Phi) is 6.72. The number of aromatic nitrogens is 1. The number of likely N-dealkylation sites (tertiary alicyclic amines) is 1. The number of rotatable bonds is 4. The minimum Gasteiger partial charge on any atom is -0.375 e. The topological polar surface area (TPSA) is 53.0 Å². The summed E-state index contributed by atoms with van der Waals surface area (Å²) in [5, 5.41) is 3.44. The number of anilines is 1. The molecule has 0 saturated carbocycles. The van der Waals surface area contributed by atoms with Gasteiger partial charge in [0.25, 0.3) is 0 Å². The van der Waals surface area contributed by atoms with Crippen LogP contribution >= 0.6 is 0 Å². The molecule has 1 atom stereocenters. The first-order valence-electron chi connectivity index (χ1n) is 10.0. The molecule has 26 heavy (non-hydrogen) atoms. The molecule has 1 aromatic rings. The molecule has 6 nitrogen and oxygen atoms in total. The maximum atomic E-state index is 5.61. The molecule has 1 N–H and O–H groups in total. The van der Waals surface area contributed by atoms with E-state index in [1.807, 2.05) is 6.20 Å². The van der Waals surface area contributed by atoms with Crippen LogP contribution in [0.4, 0.5) is 5.82 Å². The van der Waals surface area contributed by atoms with Crippen LogP contribution in [0.5, 0.6) is 0 Å². The van der Waals surface area contributed by atoms with E-state index in [-0.39, 0.29) is 6.10 Å². The van der Waals surface area contributed by atoms with Crippen LogP contribution in [0.3, 0.4) is 0 Å². The number of piperidine rings is 1. The first-order valence-corrected chi connectivity index (χ1v) is 10.0. The second kappa shape index (κ2) is 9.21. The van der Waals surface area contributed by atoms with Crippen molar-refractivity contribution < 1.29 is 4.74 Å². The molecule has 2 aliphatic rings. The van der Waals surface area contributed by atoms with E-state index in [1.165, 1.54) is 12.8 Å². The Morgan fingerprint density at radius 1 is 1.27 bits per heavy atom. The summed E-state index contributed by atoms with van der Waals surface area (Å²) in [7, 11) is 0. The highest BCUT2D eigenvalue weighted by Crippen LogP contribution is 2.17. The van der Waals surface area contributed by atoms with Crippen molar-refractivity contribution >= 4 is 11.8 Å². The molecule has 0 aromatic carbocycles. The minimum absolute atomic E-state index is 0.268. The van der Waals surface area contributed by atoms with E-state index in [0.717, 1.165) is 62.6 Å². The lowest BCUT2D eigenvalue weighted by molar-refractivity contribution is 0.0529. The van der Waals surface area contributed by atoms with E-state index in [1.54, 1.807) is 0 Å². The number of pyridine rings is 1. The monoisotopic (exact) mass is 359 g/mol. The average molecular weight is 360 g/mol. The average Bonchev–Trinajstić information content (AvgIpc) is 2.66. The third-order valence-electron chi connectivity index (χ3n) is 5.20. The lowest BCUT2D eigenvalue weighted by Crippen LogP contribution is -2.45. The van der Waals surface area contributed by atoms with Gasteiger partial charge in [-0.05, 0) is 44.2 Å².